The van der Waals surface area contributed by atoms with E-state index in [1.165, 1.54) is 7.11 Å². The number of hydrogen-bond donors (Lipinski definition) is 3. The first-order chi connectivity index (χ1) is 15.6. The van der Waals surface area contributed by atoms with Crippen LogP contribution in [-0.2, 0) is 0 Å². The van der Waals surface area contributed by atoms with Crippen molar-refractivity contribution in [3.8, 4) is 23.3 Å². The Kier molecular flexibility index (Phi) is 5.27. The molecule has 0 radical (unpaired) electrons. The van der Waals surface area contributed by atoms with E-state index in [0.717, 1.165) is 9.13 Å². The van der Waals surface area contributed by atoms with Crippen LogP contribution in [0.5, 0.6) is 23.3 Å². The number of para-hydroxylation sites is 1. The van der Waals surface area contributed by atoms with Crippen molar-refractivity contribution >= 4 is 0 Å². The second-order valence-corrected chi connectivity index (χ2v) is 8.32. The lowest BCUT2D eigenvalue weighted by Crippen LogP contribution is -2.42. The highest BCUT2D eigenvalue weighted by molar-refractivity contribution is 5.61. The van der Waals surface area contributed by atoms with E-state index in [0.29, 0.717) is 11.3 Å². The molecule has 174 valence electrons. The fourth-order valence-corrected chi connectivity index (χ4v) is 4.23. The summed E-state index contributed by atoms with van der Waals surface area (Å²) in [6, 6.07) is 3.91. The number of aromatic hydroxyl groups is 1. The molecule has 1 atom stereocenters. The molecule has 3 N–H and O–H groups in total. The summed E-state index contributed by atoms with van der Waals surface area (Å²) in [6.45, 7) is 6.67. The fourth-order valence-electron chi connectivity index (χ4n) is 4.23. The number of hydrogen-bond acceptors (Lipinski definition) is 7. The summed E-state index contributed by atoms with van der Waals surface area (Å²) in [5, 5.41) is 11.1. The minimum absolute atomic E-state index is 0.0428. The van der Waals surface area contributed by atoms with Crippen molar-refractivity contribution in [2.75, 3.05) is 7.11 Å². The SMILES string of the molecule is COc1cccc2c1Oc1[nH]c(=O)n(C(C)C)c(=O)c1C2c1c(O)n(C(C)C)c(=O)[nH]c1=O. The molecule has 11 nitrogen and oxygen atoms in total. The van der Waals surface area contributed by atoms with Crippen molar-refractivity contribution in [1.29, 1.82) is 0 Å². The van der Waals surface area contributed by atoms with Crippen molar-refractivity contribution in [3.05, 3.63) is 76.6 Å². The van der Waals surface area contributed by atoms with E-state index in [1.807, 2.05) is 0 Å². The summed E-state index contributed by atoms with van der Waals surface area (Å²) in [6.07, 6.45) is 0. The van der Waals surface area contributed by atoms with Crippen LogP contribution in [0.4, 0.5) is 0 Å². The van der Waals surface area contributed by atoms with E-state index < -0.39 is 46.4 Å². The standard InChI is InChI=1S/C22H24N4O7/c1-9(2)25-19(28)14(17(27)23-21(25)30)13-11-7-6-8-12(32-5)16(11)33-18-15(13)20(29)26(10(3)4)22(31)24-18/h6-10,13,28H,1-5H3,(H,24,31)(H,23,27,30). The van der Waals surface area contributed by atoms with E-state index in [9.17, 15) is 24.3 Å². The molecule has 3 aromatic rings. The molecule has 0 bridgehead atoms. The number of benzene rings is 1. The Morgan fingerprint density at radius 1 is 0.970 bits per heavy atom. The molecule has 0 saturated carbocycles. The Morgan fingerprint density at radius 2 is 1.61 bits per heavy atom. The monoisotopic (exact) mass is 456 g/mol. The van der Waals surface area contributed by atoms with E-state index in [1.54, 1.807) is 45.9 Å². The number of ether oxygens (including phenoxy) is 2. The zero-order valence-electron chi connectivity index (χ0n) is 18.8. The van der Waals surface area contributed by atoms with Crippen LogP contribution in [0, 0.1) is 0 Å². The third-order valence-corrected chi connectivity index (χ3v) is 5.64. The second-order valence-electron chi connectivity index (χ2n) is 8.32. The van der Waals surface area contributed by atoms with Crippen LogP contribution >= 0.6 is 0 Å². The maximum absolute atomic E-state index is 13.5. The highest BCUT2D eigenvalue weighted by Gasteiger charge is 2.39. The average Bonchev–Trinajstić information content (AvgIpc) is 2.71. The fraction of sp³-hybridized carbons (Fsp3) is 0.364. The molecular formula is C22H24N4O7. The molecule has 1 aliphatic heterocycles. The molecule has 0 aliphatic carbocycles. The van der Waals surface area contributed by atoms with E-state index in [4.69, 9.17) is 9.47 Å². The maximum Gasteiger partial charge on any atom is 0.331 e. The van der Waals surface area contributed by atoms with Gasteiger partial charge in [-0.25, -0.2) is 9.59 Å². The Morgan fingerprint density at radius 3 is 2.21 bits per heavy atom. The predicted octanol–water partition coefficient (Wildman–Crippen LogP) is 1.55. The predicted molar refractivity (Wildman–Crippen MR) is 119 cm³/mol. The first-order valence-corrected chi connectivity index (χ1v) is 10.4. The van der Waals surface area contributed by atoms with Gasteiger partial charge < -0.3 is 14.6 Å². The van der Waals surface area contributed by atoms with Gasteiger partial charge >= 0.3 is 11.4 Å². The zero-order valence-corrected chi connectivity index (χ0v) is 18.8. The molecule has 33 heavy (non-hydrogen) atoms. The van der Waals surface area contributed by atoms with E-state index >= 15 is 0 Å². The molecule has 3 heterocycles. The molecule has 0 saturated heterocycles. The smallest absolute Gasteiger partial charge is 0.331 e. The van der Waals surface area contributed by atoms with Gasteiger partial charge in [-0.3, -0.25) is 28.7 Å². The molecule has 2 aromatic heterocycles. The zero-order chi connectivity index (χ0) is 24.2. The van der Waals surface area contributed by atoms with Crippen LogP contribution in [0.3, 0.4) is 0 Å². The van der Waals surface area contributed by atoms with Gasteiger partial charge in [0.25, 0.3) is 11.1 Å². The highest BCUT2D eigenvalue weighted by atomic mass is 16.5. The van der Waals surface area contributed by atoms with Crippen LogP contribution in [0.25, 0.3) is 0 Å². The van der Waals surface area contributed by atoms with Crippen LogP contribution in [-0.4, -0.2) is 31.3 Å². The van der Waals surface area contributed by atoms with Crippen molar-refractivity contribution in [2.24, 2.45) is 0 Å². The molecule has 1 aromatic carbocycles. The highest BCUT2D eigenvalue weighted by Crippen LogP contribution is 2.49. The van der Waals surface area contributed by atoms with Gasteiger partial charge in [0.15, 0.2) is 11.5 Å². The first kappa shape index (κ1) is 22.2. The van der Waals surface area contributed by atoms with Crippen LogP contribution in [0.1, 0.15) is 62.4 Å². The van der Waals surface area contributed by atoms with Crippen molar-refractivity contribution < 1.29 is 14.6 Å². The summed E-state index contributed by atoms with van der Waals surface area (Å²) in [5.74, 6) is -1.42. The third-order valence-electron chi connectivity index (χ3n) is 5.64. The first-order valence-electron chi connectivity index (χ1n) is 10.4. The topological polar surface area (TPSA) is 148 Å². The number of nitrogens with zero attached hydrogens (tertiary/aromatic N) is 2. The molecule has 0 amide bonds. The summed E-state index contributed by atoms with van der Waals surface area (Å²) in [4.78, 5) is 56.3. The van der Waals surface area contributed by atoms with Gasteiger partial charge in [0.1, 0.15) is 0 Å². The quantitative estimate of drug-likeness (QED) is 0.422. The number of fused-ring (bicyclic) bond motifs is 2. The molecule has 1 unspecified atom stereocenters. The van der Waals surface area contributed by atoms with Crippen LogP contribution in [0.2, 0.25) is 0 Å². The van der Waals surface area contributed by atoms with Gasteiger partial charge in [0.2, 0.25) is 11.8 Å². The van der Waals surface area contributed by atoms with E-state index in [-0.39, 0.29) is 22.8 Å². The Balaban J connectivity index is 2.20. The Bertz CT molecular complexity index is 1490. The number of rotatable bonds is 4. The maximum atomic E-state index is 13.5. The number of aromatic amines is 2. The second kappa shape index (κ2) is 7.84. The third kappa shape index (κ3) is 3.27. The Labute approximate surface area is 186 Å². The molecule has 0 fully saturated rings. The Hall–Kier alpha value is -4.02. The average molecular weight is 456 g/mol. The summed E-state index contributed by atoms with van der Waals surface area (Å²) in [5.41, 5.74) is -2.91. The van der Waals surface area contributed by atoms with Gasteiger partial charge in [0, 0.05) is 17.6 Å². The van der Waals surface area contributed by atoms with Crippen molar-refractivity contribution in [3.63, 3.8) is 0 Å². The number of methoxy groups -OCH3 is 1. The number of nitrogens with one attached hydrogen (secondary N) is 2. The van der Waals surface area contributed by atoms with Gasteiger partial charge in [-0.1, -0.05) is 12.1 Å². The van der Waals surface area contributed by atoms with Gasteiger partial charge in [0.05, 0.1) is 24.2 Å². The summed E-state index contributed by atoms with van der Waals surface area (Å²) >= 11 is 0. The molecule has 0 spiro atoms. The largest absolute Gasteiger partial charge is 0.494 e. The molecular weight excluding hydrogens is 432 g/mol. The number of H-pyrrole nitrogens is 2. The van der Waals surface area contributed by atoms with Gasteiger partial charge in [-0.05, 0) is 33.8 Å². The van der Waals surface area contributed by atoms with Crippen LogP contribution < -0.4 is 32.0 Å². The lowest BCUT2D eigenvalue weighted by molar-refractivity contribution is 0.351. The normalized spacial score (nSPS) is 14.7. The minimum Gasteiger partial charge on any atom is -0.494 e. The van der Waals surface area contributed by atoms with E-state index in [2.05, 4.69) is 9.97 Å². The molecule has 1 aliphatic rings. The van der Waals surface area contributed by atoms with Gasteiger partial charge in [-0.15, -0.1) is 0 Å². The summed E-state index contributed by atoms with van der Waals surface area (Å²) < 4.78 is 13.3. The van der Waals surface area contributed by atoms with Crippen LogP contribution in [0.15, 0.2) is 37.4 Å². The number of aromatic nitrogens is 4. The van der Waals surface area contributed by atoms with Crippen molar-refractivity contribution in [1.82, 2.24) is 19.1 Å². The van der Waals surface area contributed by atoms with Gasteiger partial charge in [-0.2, -0.15) is 0 Å². The molecule has 11 heteroatoms. The summed E-state index contributed by atoms with van der Waals surface area (Å²) in [7, 11) is 1.42. The minimum atomic E-state index is -1.15. The van der Waals surface area contributed by atoms with Crippen molar-refractivity contribution in [2.45, 2.75) is 45.7 Å². The lowest BCUT2D eigenvalue weighted by atomic mass is 9.84. The molecule has 4 rings (SSSR count). The lowest BCUT2D eigenvalue weighted by Gasteiger charge is -2.29.